The molecule has 26 heavy (non-hydrogen) atoms. The monoisotopic (exact) mass is 363 g/mol. The zero-order valence-corrected chi connectivity index (χ0v) is 14.2. The molecule has 0 aliphatic carbocycles. The number of aliphatic hydroxyl groups is 1. The van der Waals surface area contributed by atoms with Gasteiger partial charge in [-0.2, -0.15) is 14.4 Å². The first-order valence-corrected chi connectivity index (χ1v) is 7.93. The number of halogens is 1. The minimum absolute atomic E-state index is 0.111. The molecule has 2 aromatic heterocycles. The lowest BCUT2D eigenvalue weighted by molar-refractivity contribution is -0.162. The Labute approximate surface area is 148 Å². The molecule has 1 fully saturated rings. The van der Waals surface area contributed by atoms with E-state index < -0.39 is 36.6 Å². The summed E-state index contributed by atoms with van der Waals surface area (Å²) in [6, 6.07) is 0. The van der Waals surface area contributed by atoms with Crippen LogP contribution >= 0.6 is 0 Å². The van der Waals surface area contributed by atoms with Gasteiger partial charge in [-0.25, -0.2) is 4.98 Å². The van der Waals surface area contributed by atoms with Gasteiger partial charge in [0.1, 0.15) is 12.3 Å². The molecule has 3 N–H and O–H groups in total. The number of carbonyl (C=O) groups excluding carboxylic acids is 1. The van der Waals surface area contributed by atoms with E-state index in [1.165, 1.54) is 10.9 Å². The molecule has 0 radical (unpaired) electrons. The van der Waals surface area contributed by atoms with Crippen molar-refractivity contribution in [3.05, 3.63) is 12.4 Å². The quantitative estimate of drug-likeness (QED) is 0.454. The van der Waals surface area contributed by atoms with Crippen molar-refractivity contribution in [3.8, 4) is 12.3 Å². The molecular weight excluding hydrogens is 345 g/mol. The lowest BCUT2D eigenvalue weighted by atomic mass is 9.98. The van der Waals surface area contributed by atoms with Crippen LogP contribution in [0.2, 0.25) is 0 Å². The second-order valence-corrected chi connectivity index (χ2v) is 6.28. The van der Waals surface area contributed by atoms with E-state index >= 15 is 0 Å². The van der Waals surface area contributed by atoms with E-state index in [2.05, 4.69) is 20.9 Å². The highest BCUT2D eigenvalue weighted by atomic mass is 19.1. The standard InChI is InChI=1S/C16H18FN5O4/c1-4-16(6-23)9(25-14(24)8(2)3)5-10(26-16)22-7-19-11-12(18)20-15(17)21-13(11)22/h1,7-10,23H,5-6H2,2-3H3,(H2,18,20,21)/t9-,10+,16+/m0/s1. The van der Waals surface area contributed by atoms with E-state index in [4.69, 9.17) is 21.6 Å². The van der Waals surface area contributed by atoms with Crippen molar-refractivity contribution in [1.29, 1.82) is 0 Å². The number of hydrogen-bond donors (Lipinski definition) is 2. The highest BCUT2D eigenvalue weighted by Crippen LogP contribution is 2.39. The third-order valence-corrected chi connectivity index (χ3v) is 4.22. The smallest absolute Gasteiger partial charge is 0.312 e. The molecule has 2 aromatic rings. The van der Waals surface area contributed by atoms with E-state index in [9.17, 15) is 14.3 Å². The van der Waals surface area contributed by atoms with Crippen molar-refractivity contribution in [2.75, 3.05) is 12.3 Å². The Bertz CT molecular complexity index is 893. The van der Waals surface area contributed by atoms with Crippen LogP contribution in [0.3, 0.4) is 0 Å². The van der Waals surface area contributed by atoms with Crippen molar-refractivity contribution >= 4 is 23.0 Å². The molecule has 138 valence electrons. The van der Waals surface area contributed by atoms with Crippen molar-refractivity contribution in [3.63, 3.8) is 0 Å². The zero-order chi connectivity index (χ0) is 19.1. The van der Waals surface area contributed by atoms with Crippen LogP contribution in [0.5, 0.6) is 0 Å². The number of hydrogen-bond acceptors (Lipinski definition) is 8. The lowest BCUT2D eigenvalue weighted by Gasteiger charge is -2.27. The number of terminal acetylenes is 1. The fraction of sp³-hybridized carbons (Fsp3) is 0.500. The summed E-state index contributed by atoms with van der Waals surface area (Å²) in [4.78, 5) is 23.2. The summed E-state index contributed by atoms with van der Waals surface area (Å²) in [5.41, 5.74) is 4.44. The van der Waals surface area contributed by atoms with Crippen LogP contribution in [0.25, 0.3) is 11.2 Å². The normalized spacial score (nSPS) is 25.5. The first-order chi connectivity index (χ1) is 12.3. The number of nitrogens with two attached hydrogens (primary N) is 1. The lowest BCUT2D eigenvalue weighted by Crippen LogP contribution is -2.44. The first kappa shape index (κ1) is 18.0. The Balaban J connectivity index is 1.98. The van der Waals surface area contributed by atoms with Gasteiger partial charge < -0.3 is 20.3 Å². The largest absolute Gasteiger partial charge is 0.458 e. The van der Waals surface area contributed by atoms with Crippen LogP contribution < -0.4 is 5.73 Å². The third-order valence-electron chi connectivity index (χ3n) is 4.22. The molecule has 1 saturated heterocycles. The van der Waals surface area contributed by atoms with Gasteiger partial charge in [0, 0.05) is 6.42 Å². The average Bonchev–Trinajstić information content (AvgIpc) is 3.16. The average molecular weight is 363 g/mol. The van der Waals surface area contributed by atoms with Crippen molar-refractivity contribution < 1.29 is 23.8 Å². The summed E-state index contributed by atoms with van der Waals surface area (Å²) in [6.45, 7) is 2.80. The Kier molecular flexibility index (Phi) is 4.52. The molecule has 3 rings (SSSR count). The molecule has 1 aliphatic rings. The summed E-state index contributed by atoms with van der Waals surface area (Å²) < 4.78 is 26.2. The summed E-state index contributed by atoms with van der Waals surface area (Å²) in [5.74, 6) is 1.41. The molecule has 10 heteroatoms. The molecule has 0 bridgehead atoms. The van der Waals surface area contributed by atoms with Crippen LogP contribution in [0.4, 0.5) is 10.2 Å². The molecule has 0 unspecified atom stereocenters. The number of nitrogen functional groups attached to an aromatic ring is 1. The SMILES string of the molecule is C#C[C@]1(CO)O[C@@H](n2cnc3c(N)nc(F)nc32)C[C@@H]1OC(=O)C(C)C. The maximum atomic E-state index is 13.5. The maximum absolute atomic E-state index is 13.5. The number of ether oxygens (including phenoxy) is 2. The number of rotatable bonds is 4. The van der Waals surface area contributed by atoms with E-state index in [-0.39, 0.29) is 29.3 Å². The second-order valence-electron chi connectivity index (χ2n) is 6.28. The molecule has 9 nitrogen and oxygen atoms in total. The zero-order valence-electron chi connectivity index (χ0n) is 14.2. The Morgan fingerprint density at radius 1 is 1.65 bits per heavy atom. The van der Waals surface area contributed by atoms with Gasteiger partial charge in [0.25, 0.3) is 0 Å². The Morgan fingerprint density at radius 3 is 3.00 bits per heavy atom. The highest BCUT2D eigenvalue weighted by Gasteiger charge is 2.51. The van der Waals surface area contributed by atoms with Crippen molar-refractivity contribution in [1.82, 2.24) is 19.5 Å². The Hall–Kier alpha value is -2.77. The fourth-order valence-electron chi connectivity index (χ4n) is 2.76. The van der Waals surface area contributed by atoms with Gasteiger partial charge in [-0.05, 0) is 0 Å². The van der Waals surface area contributed by atoms with E-state index in [1.54, 1.807) is 13.8 Å². The van der Waals surface area contributed by atoms with E-state index in [0.29, 0.717) is 0 Å². The molecule has 0 saturated carbocycles. The van der Waals surface area contributed by atoms with Crippen molar-refractivity contribution in [2.45, 2.75) is 38.2 Å². The van der Waals surface area contributed by atoms with E-state index in [1.807, 2.05) is 0 Å². The first-order valence-electron chi connectivity index (χ1n) is 7.93. The molecule has 0 spiro atoms. The van der Waals surface area contributed by atoms with Gasteiger partial charge >= 0.3 is 12.0 Å². The maximum Gasteiger partial charge on any atom is 0.312 e. The fourth-order valence-corrected chi connectivity index (χ4v) is 2.76. The molecule has 3 atom stereocenters. The van der Waals surface area contributed by atoms with Gasteiger partial charge in [-0.1, -0.05) is 19.8 Å². The number of fused-ring (bicyclic) bond motifs is 1. The molecular formula is C16H18FN5O4. The minimum Gasteiger partial charge on any atom is -0.458 e. The molecule has 3 heterocycles. The molecule has 0 amide bonds. The number of aromatic nitrogens is 4. The van der Waals surface area contributed by atoms with Gasteiger partial charge in [0.2, 0.25) is 0 Å². The number of imidazole rings is 1. The summed E-state index contributed by atoms with van der Waals surface area (Å²) in [7, 11) is 0. The van der Waals surface area contributed by atoms with Crippen LogP contribution in [-0.4, -0.2) is 48.9 Å². The van der Waals surface area contributed by atoms with Gasteiger partial charge in [-0.15, -0.1) is 6.42 Å². The summed E-state index contributed by atoms with van der Waals surface area (Å²) in [5, 5.41) is 9.77. The number of aliphatic hydroxyl groups excluding tert-OH is 1. The van der Waals surface area contributed by atoms with Crippen LogP contribution in [0.15, 0.2) is 6.33 Å². The van der Waals surface area contributed by atoms with Crippen molar-refractivity contribution in [2.24, 2.45) is 5.92 Å². The van der Waals surface area contributed by atoms with Gasteiger partial charge in [0.05, 0.1) is 18.9 Å². The number of esters is 1. The minimum atomic E-state index is -1.52. The van der Waals surface area contributed by atoms with E-state index in [0.717, 1.165) is 0 Å². The number of anilines is 1. The summed E-state index contributed by atoms with van der Waals surface area (Å²) in [6.07, 6.45) is 4.33. The highest BCUT2D eigenvalue weighted by molar-refractivity contribution is 5.81. The third kappa shape index (κ3) is 2.85. The molecule has 1 aliphatic heterocycles. The van der Waals surface area contributed by atoms with Gasteiger partial charge in [0.15, 0.2) is 22.6 Å². The second kappa shape index (κ2) is 6.51. The van der Waals surface area contributed by atoms with Gasteiger partial charge in [-0.3, -0.25) is 9.36 Å². The summed E-state index contributed by atoms with van der Waals surface area (Å²) >= 11 is 0. The molecule has 0 aromatic carbocycles. The predicted molar refractivity (Wildman–Crippen MR) is 87.8 cm³/mol. The van der Waals surface area contributed by atoms with Crippen LogP contribution in [0.1, 0.15) is 26.5 Å². The predicted octanol–water partition coefficient (Wildman–Crippen LogP) is 0.399. The Morgan fingerprint density at radius 2 is 2.38 bits per heavy atom. The van der Waals surface area contributed by atoms with Crippen LogP contribution in [0, 0.1) is 24.3 Å². The van der Waals surface area contributed by atoms with Crippen LogP contribution in [-0.2, 0) is 14.3 Å². The number of carbonyl (C=O) groups is 1. The topological polar surface area (TPSA) is 125 Å². The number of nitrogens with zero attached hydrogens (tertiary/aromatic N) is 4.